The molecule has 4 N–H and O–H groups in total. The number of aromatic amines is 2. The number of nitrogens with one attached hydrogen (secondary N) is 3. The molecule has 0 saturated carbocycles. The van der Waals surface area contributed by atoms with Gasteiger partial charge in [0.05, 0.1) is 6.61 Å². The number of halogens is 1. The van der Waals surface area contributed by atoms with Gasteiger partial charge in [0.1, 0.15) is 9.39 Å². The van der Waals surface area contributed by atoms with Crippen molar-refractivity contribution in [1.29, 1.82) is 0 Å². The van der Waals surface area contributed by atoms with Crippen molar-refractivity contribution in [3.05, 3.63) is 24.4 Å². The lowest BCUT2D eigenvalue weighted by molar-refractivity contribution is 0.311. The van der Waals surface area contributed by atoms with Crippen molar-refractivity contribution in [3.8, 4) is 0 Å². The van der Waals surface area contributed by atoms with E-state index in [1.807, 2.05) is 0 Å². The van der Waals surface area contributed by atoms with Crippen LogP contribution in [-0.2, 0) is 0 Å². The summed E-state index contributed by atoms with van der Waals surface area (Å²) in [5, 5.41) is 11.2. The standard InChI is InChI=1S/C6H8IN3O3/c7-3-4(8-1-2-11)9-6(13)10-5(3)12/h11H,1-2H2,(H3,8,9,10,12,13). The summed E-state index contributed by atoms with van der Waals surface area (Å²) in [6.07, 6.45) is 0. The monoisotopic (exact) mass is 297 g/mol. The average molecular weight is 297 g/mol. The van der Waals surface area contributed by atoms with Gasteiger partial charge >= 0.3 is 5.69 Å². The topological polar surface area (TPSA) is 98.0 Å². The number of aliphatic hydroxyl groups is 1. The van der Waals surface area contributed by atoms with Crippen molar-refractivity contribution in [2.45, 2.75) is 0 Å². The maximum Gasteiger partial charge on any atom is 0.327 e. The first-order chi connectivity index (χ1) is 6.15. The zero-order valence-electron chi connectivity index (χ0n) is 6.56. The second-order valence-electron chi connectivity index (χ2n) is 2.25. The van der Waals surface area contributed by atoms with Crippen LogP contribution in [-0.4, -0.2) is 28.2 Å². The first-order valence-electron chi connectivity index (χ1n) is 3.52. The van der Waals surface area contributed by atoms with Crippen LogP contribution in [0.4, 0.5) is 5.82 Å². The van der Waals surface area contributed by atoms with E-state index < -0.39 is 11.2 Å². The SMILES string of the molecule is O=c1[nH]c(NCCO)c(I)c(=O)[nH]1. The van der Waals surface area contributed by atoms with E-state index >= 15 is 0 Å². The van der Waals surface area contributed by atoms with Crippen LogP contribution >= 0.6 is 22.6 Å². The molecule has 6 nitrogen and oxygen atoms in total. The molecule has 1 aromatic rings. The van der Waals surface area contributed by atoms with Crippen molar-refractivity contribution in [2.75, 3.05) is 18.5 Å². The lowest BCUT2D eigenvalue weighted by Crippen LogP contribution is -2.27. The number of H-pyrrole nitrogens is 2. The molecule has 1 rings (SSSR count). The molecule has 1 heterocycles. The van der Waals surface area contributed by atoms with Gasteiger partial charge in [-0.2, -0.15) is 0 Å². The molecule has 0 aliphatic carbocycles. The molecular formula is C6H8IN3O3. The van der Waals surface area contributed by atoms with E-state index in [4.69, 9.17) is 5.11 Å². The van der Waals surface area contributed by atoms with Gasteiger partial charge in [-0.25, -0.2) is 4.79 Å². The number of hydrogen-bond acceptors (Lipinski definition) is 4. The van der Waals surface area contributed by atoms with Crippen molar-refractivity contribution in [2.24, 2.45) is 0 Å². The molecule has 13 heavy (non-hydrogen) atoms. The minimum absolute atomic E-state index is 0.0646. The van der Waals surface area contributed by atoms with Gasteiger partial charge in [0.2, 0.25) is 0 Å². The van der Waals surface area contributed by atoms with Gasteiger partial charge in [0.25, 0.3) is 5.56 Å². The molecule has 0 atom stereocenters. The van der Waals surface area contributed by atoms with Gasteiger partial charge in [-0.1, -0.05) is 0 Å². The van der Waals surface area contributed by atoms with E-state index in [1.165, 1.54) is 0 Å². The molecule has 1 aromatic heterocycles. The number of anilines is 1. The average Bonchev–Trinajstić information content (AvgIpc) is 2.09. The van der Waals surface area contributed by atoms with Crippen LogP contribution in [0.2, 0.25) is 0 Å². The highest BCUT2D eigenvalue weighted by Gasteiger charge is 2.04. The minimum atomic E-state index is -0.564. The van der Waals surface area contributed by atoms with Crippen LogP contribution in [0, 0.1) is 3.57 Å². The summed E-state index contributed by atoms with van der Waals surface area (Å²) in [4.78, 5) is 26.3. The summed E-state index contributed by atoms with van der Waals surface area (Å²) < 4.78 is 0.366. The van der Waals surface area contributed by atoms with Crippen LogP contribution in [0.1, 0.15) is 0 Å². The van der Waals surface area contributed by atoms with E-state index in [0.29, 0.717) is 9.39 Å². The highest BCUT2D eigenvalue weighted by atomic mass is 127. The maximum atomic E-state index is 11.0. The van der Waals surface area contributed by atoms with E-state index in [9.17, 15) is 9.59 Å². The Balaban J connectivity index is 3.06. The van der Waals surface area contributed by atoms with Gasteiger partial charge in [0.15, 0.2) is 0 Å². The molecule has 0 fully saturated rings. The van der Waals surface area contributed by atoms with Crippen molar-refractivity contribution < 1.29 is 5.11 Å². The molecule has 0 saturated heterocycles. The van der Waals surface area contributed by atoms with Gasteiger partial charge in [-0.05, 0) is 22.6 Å². The van der Waals surface area contributed by atoms with Gasteiger partial charge in [-0.15, -0.1) is 0 Å². The fourth-order valence-electron chi connectivity index (χ4n) is 0.774. The van der Waals surface area contributed by atoms with E-state index in [2.05, 4.69) is 15.3 Å². The predicted molar refractivity (Wildman–Crippen MR) is 56.0 cm³/mol. The molecule has 0 bridgehead atoms. The second-order valence-corrected chi connectivity index (χ2v) is 3.33. The summed E-state index contributed by atoms with van der Waals surface area (Å²) >= 11 is 1.80. The summed E-state index contributed by atoms with van der Waals surface area (Å²) in [6.45, 7) is 0.223. The predicted octanol–water partition coefficient (Wildman–Crippen LogP) is -0.928. The van der Waals surface area contributed by atoms with Crippen LogP contribution in [0.15, 0.2) is 9.59 Å². The summed E-state index contributed by atoms with van der Waals surface area (Å²) in [6, 6.07) is 0. The third-order valence-corrected chi connectivity index (χ3v) is 2.33. The van der Waals surface area contributed by atoms with Crippen LogP contribution in [0.5, 0.6) is 0 Å². The molecule has 0 unspecified atom stereocenters. The minimum Gasteiger partial charge on any atom is -0.395 e. The molecular weight excluding hydrogens is 289 g/mol. The third kappa shape index (κ3) is 2.56. The lowest BCUT2D eigenvalue weighted by Gasteiger charge is -2.04. The van der Waals surface area contributed by atoms with Crippen molar-refractivity contribution in [1.82, 2.24) is 9.97 Å². The first-order valence-corrected chi connectivity index (χ1v) is 4.60. The molecule has 0 amide bonds. The molecule has 0 radical (unpaired) electrons. The Morgan fingerprint density at radius 3 is 2.69 bits per heavy atom. The van der Waals surface area contributed by atoms with Gasteiger partial charge < -0.3 is 10.4 Å². The highest BCUT2D eigenvalue weighted by molar-refractivity contribution is 14.1. The molecule has 7 heteroatoms. The van der Waals surface area contributed by atoms with Crippen molar-refractivity contribution in [3.63, 3.8) is 0 Å². The molecule has 0 spiro atoms. The first kappa shape index (κ1) is 10.3. The highest BCUT2D eigenvalue weighted by Crippen LogP contribution is 2.06. The summed E-state index contributed by atoms with van der Waals surface area (Å²) in [5.41, 5.74) is -1.00. The fourth-order valence-corrected chi connectivity index (χ4v) is 1.23. The van der Waals surface area contributed by atoms with E-state index in [-0.39, 0.29) is 13.2 Å². The molecule has 72 valence electrons. The smallest absolute Gasteiger partial charge is 0.327 e. The fraction of sp³-hybridized carbons (Fsp3) is 0.333. The number of hydrogen-bond donors (Lipinski definition) is 4. The second kappa shape index (κ2) is 4.42. The number of rotatable bonds is 3. The van der Waals surface area contributed by atoms with Gasteiger partial charge in [-0.3, -0.25) is 14.8 Å². The summed E-state index contributed by atoms with van der Waals surface area (Å²) in [5.74, 6) is 0.336. The summed E-state index contributed by atoms with van der Waals surface area (Å²) in [7, 11) is 0. The quantitative estimate of drug-likeness (QED) is 0.542. The third-order valence-electron chi connectivity index (χ3n) is 1.30. The Morgan fingerprint density at radius 2 is 2.08 bits per heavy atom. The maximum absolute atomic E-state index is 11.0. The van der Waals surface area contributed by atoms with Crippen LogP contribution in [0.3, 0.4) is 0 Å². The van der Waals surface area contributed by atoms with Gasteiger partial charge in [0, 0.05) is 6.54 Å². The zero-order valence-corrected chi connectivity index (χ0v) is 8.71. The Hall–Kier alpha value is -0.830. The number of aromatic nitrogens is 2. The van der Waals surface area contributed by atoms with Crippen LogP contribution < -0.4 is 16.6 Å². The Morgan fingerprint density at radius 1 is 1.38 bits per heavy atom. The number of aliphatic hydroxyl groups excluding tert-OH is 1. The van der Waals surface area contributed by atoms with E-state index in [1.54, 1.807) is 22.6 Å². The lowest BCUT2D eigenvalue weighted by atomic mass is 10.5. The van der Waals surface area contributed by atoms with Crippen LogP contribution in [0.25, 0.3) is 0 Å². The van der Waals surface area contributed by atoms with Crippen molar-refractivity contribution >= 4 is 28.4 Å². The Labute approximate surface area is 86.5 Å². The molecule has 0 aliphatic rings. The van der Waals surface area contributed by atoms with E-state index in [0.717, 1.165) is 0 Å². The molecule has 0 aliphatic heterocycles. The Kier molecular flexibility index (Phi) is 3.48. The molecule has 0 aromatic carbocycles. The Bertz CT molecular complexity index is 397. The normalized spacial score (nSPS) is 10.0. The zero-order chi connectivity index (χ0) is 9.84. The largest absolute Gasteiger partial charge is 0.395 e.